The van der Waals surface area contributed by atoms with Crippen LogP contribution >= 0.6 is 22.3 Å². The quantitative estimate of drug-likeness (QED) is 0.779. The normalized spacial score (nSPS) is 11.6. The van der Waals surface area contributed by atoms with E-state index in [1.54, 1.807) is 6.07 Å². The smallest absolute Gasteiger partial charge is 0.261 e. The second kappa shape index (κ2) is 4.49. The molecule has 0 bridgehead atoms. The van der Waals surface area contributed by atoms with Crippen LogP contribution in [0.1, 0.15) is 5.56 Å². The first-order valence-corrected chi connectivity index (χ1v) is 6.36. The summed E-state index contributed by atoms with van der Waals surface area (Å²) < 4.78 is 26.7. The van der Waals surface area contributed by atoms with Crippen LogP contribution in [-0.4, -0.2) is 15.5 Å². The van der Waals surface area contributed by atoms with Crippen molar-refractivity contribution in [2.24, 2.45) is 0 Å². The van der Waals surface area contributed by atoms with E-state index in [0.717, 1.165) is 5.56 Å². The van der Waals surface area contributed by atoms with Crippen LogP contribution in [0.3, 0.4) is 0 Å². The molecule has 0 spiro atoms. The second-order valence-electron chi connectivity index (χ2n) is 2.62. The first-order chi connectivity index (χ1) is 6.45. The molecule has 78 valence electrons. The van der Waals surface area contributed by atoms with Gasteiger partial charge >= 0.3 is 0 Å². The molecule has 0 heterocycles. The molecule has 14 heavy (non-hydrogen) atoms. The first-order valence-electron chi connectivity index (χ1n) is 3.67. The minimum absolute atomic E-state index is 0.0102. The minimum atomic E-state index is -3.71. The van der Waals surface area contributed by atoms with Gasteiger partial charge in [0.15, 0.2) is 0 Å². The van der Waals surface area contributed by atoms with Gasteiger partial charge in [0.2, 0.25) is 0 Å². The van der Waals surface area contributed by atoms with Crippen LogP contribution in [0.4, 0.5) is 0 Å². The molecule has 0 amide bonds. The number of methoxy groups -OCH3 is 1. The summed E-state index contributed by atoms with van der Waals surface area (Å²) in [6.45, 7) is 0.335. The number of hydrogen-bond donors (Lipinski definition) is 0. The lowest BCUT2D eigenvalue weighted by molar-refractivity contribution is 0.185. The topological polar surface area (TPSA) is 43.4 Å². The summed E-state index contributed by atoms with van der Waals surface area (Å²) in [5, 5.41) is 0.327. The van der Waals surface area contributed by atoms with Gasteiger partial charge in [-0.1, -0.05) is 17.7 Å². The van der Waals surface area contributed by atoms with Gasteiger partial charge in [-0.15, -0.1) is 0 Å². The summed E-state index contributed by atoms with van der Waals surface area (Å²) in [5.41, 5.74) is 0.721. The molecule has 0 aliphatic carbocycles. The molecule has 0 aromatic heterocycles. The molecule has 0 fully saturated rings. The van der Waals surface area contributed by atoms with Gasteiger partial charge in [-0.2, -0.15) is 0 Å². The van der Waals surface area contributed by atoms with Gasteiger partial charge in [-0.3, -0.25) is 0 Å². The van der Waals surface area contributed by atoms with E-state index >= 15 is 0 Å². The van der Waals surface area contributed by atoms with Gasteiger partial charge in [0.25, 0.3) is 9.05 Å². The fourth-order valence-electron chi connectivity index (χ4n) is 0.952. The molecular formula is C8H8Cl2O3S. The van der Waals surface area contributed by atoms with Gasteiger partial charge in [-0.25, -0.2) is 8.42 Å². The fourth-order valence-corrected chi connectivity index (χ4v) is 2.03. The molecule has 1 rings (SSSR count). The standard InChI is InChI=1S/C8H8Cl2O3S/c1-13-5-6-2-3-7(4-8(6)9)14(10,11)12/h2-4H,5H2,1H3. The van der Waals surface area contributed by atoms with Gasteiger partial charge in [-0.05, 0) is 17.7 Å². The van der Waals surface area contributed by atoms with Crippen molar-refractivity contribution in [1.29, 1.82) is 0 Å². The van der Waals surface area contributed by atoms with Crippen molar-refractivity contribution in [1.82, 2.24) is 0 Å². The maximum absolute atomic E-state index is 10.9. The second-order valence-corrected chi connectivity index (χ2v) is 5.60. The summed E-state index contributed by atoms with van der Waals surface area (Å²) >= 11 is 5.81. The summed E-state index contributed by atoms with van der Waals surface area (Å²) in [5.74, 6) is 0. The SMILES string of the molecule is COCc1ccc(S(=O)(=O)Cl)cc1Cl. The Kier molecular flexibility index (Phi) is 3.78. The molecule has 1 aromatic rings. The van der Waals surface area contributed by atoms with Crippen LogP contribution < -0.4 is 0 Å². The molecule has 0 saturated carbocycles. The first kappa shape index (κ1) is 11.8. The Morgan fingerprint density at radius 2 is 2.07 bits per heavy atom. The molecule has 0 atom stereocenters. The van der Waals surface area contributed by atoms with E-state index in [4.69, 9.17) is 27.0 Å². The van der Waals surface area contributed by atoms with Crippen molar-refractivity contribution in [3.8, 4) is 0 Å². The third-order valence-electron chi connectivity index (χ3n) is 1.61. The van der Waals surface area contributed by atoms with Gasteiger partial charge < -0.3 is 4.74 Å². The van der Waals surface area contributed by atoms with Crippen LogP contribution in [0.2, 0.25) is 5.02 Å². The zero-order valence-electron chi connectivity index (χ0n) is 7.33. The van der Waals surface area contributed by atoms with Crippen LogP contribution in [0, 0.1) is 0 Å². The zero-order valence-corrected chi connectivity index (χ0v) is 9.66. The highest BCUT2D eigenvalue weighted by atomic mass is 35.7. The fraction of sp³-hybridized carbons (Fsp3) is 0.250. The van der Waals surface area contributed by atoms with E-state index in [-0.39, 0.29) is 4.90 Å². The molecule has 1 aromatic carbocycles. The van der Waals surface area contributed by atoms with Crippen molar-refractivity contribution in [2.45, 2.75) is 11.5 Å². The van der Waals surface area contributed by atoms with Crippen LogP contribution in [0.15, 0.2) is 23.1 Å². The minimum Gasteiger partial charge on any atom is -0.380 e. The summed E-state index contributed by atoms with van der Waals surface area (Å²) in [6, 6.07) is 4.27. The molecule has 0 saturated heterocycles. The van der Waals surface area contributed by atoms with Crippen LogP contribution in [-0.2, 0) is 20.4 Å². The molecule has 0 N–H and O–H groups in total. The van der Waals surface area contributed by atoms with Gasteiger partial charge in [0.05, 0.1) is 11.5 Å². The average Bonchev–Trinajstić information content (AvgIpc) is 2.07. The lowest BCUT2D eigenvalue weighted by atomic mass is 10.2. The van der Waals surface area contributed by atoms with E-state index in [0.29, 0.717) is 11.6 Å². The van der Waals surface area contributed by atoms with E-state index < -0.39 is 9.05 Å². The maximum atomic E-state index is 10.9. The number of hydrogen-bond acceptors (Lipinski definition) is 3. The van der Waals surface area contributed by atoms with E-state index in [9.17, 15) is 8.42 Å². The lowest BCUT2D eigenvalue weighted by Crippen LogP contribution is -1.94. The predicted octanol–water partition coefficient (Wildman–Crippen LogP) is 2.41. The molecular weight excluding hydrogens is 247 g/mol. The van der Waals surface area contributed by atoms with E-state index in [2.05, 4.69) is 0 Å². The highest BCUT2D eigenvalue weighted by Gasteiger charge is 2.11. The third kappa shape index (κ3) is 2.85. The van der Waals surface area contributed by atoms with Crippen LogP contribution in [0.25, 0.3) is 0 Å². The van der Waals surface area contributed by atoms with Crippen molar-refractivity contribution in [3.05, 3.63) is 28.8 Å². The van der Waals surface area contributed by atoms with E-state index in [1.165, 1.54) is 19.2 Å². The van der Waals surface area contributed by atoms with E-state index in [1.807, 2.05) is 0 Å². The Morgan fingerprint density at radius 3 is 2.50 bits per heavy atom. The van der Waals surface area contributed by atoms with Crippen molar-refractivity contribution in [3.63, 3.8) is 0 Å². The van der Waals surface area contributed by atoms with Gasteiger partial charge in [0, 0.05) is 22.8 Å². The molecule has 0 radical (unpaired) electrons. The molecule has 0 unspecified atom stereocenters. The Hall–Kier alpha value is -0.290. The number of halogens is 2. The Balaban J connectivity index is 3.13. The number of benzene rings is 1. The molecule has 3 nitrogen and oxygen atoms in total. The Morgan fingerprint density at radius 1 is 1.43 bits per heavy atom. The van der Waals surface area contributed by atoms with Crippen molar-refractivity contribution in [2.75, 3.05) is 7.11 Å². The average molecular weight is 255 g/mol. The number of rotatable bonds is 3. The molecule has 6 heteroatoms. The van der Waals surface area contributed by atoms with Crippen molar-refractivity contribution < 1.29 is 13.2 Å². The summed E-state index contributed by atoms with van der Waals surface area (Å²) in [4.78, 5) is -0.0102. The van der Waals surface area contributed by atoms with Gasteiger partial charge in [0.1, 0.15) is 0 Å². The van der Waals surface area contributed by atoms with Crippen molar-refractivity contribution >= 4 is 31.3 Å². The van der Waals surface area contributed by atoms with Crippen LogP contribution in [0.5, 0.6) is 0 Å². The summed E-state index contributed by atoms with van der Waals surface area (Å²) in [6.07, 6.45) is 0. The highest BCUT2D eigenvalue weighted by Crippen LogP contribution is 2.23. The Labute approximate surface area is 92.0 Å². The maximum Gasteiger partial charge on any atom is 0.261 e. The number of ether oxygens (including phenoxy) is 1. The Bertz CT molecular complexity index is 428. The summed E-state index contributed by atoms with van der Waals surface area (Å²) in [7, 11) is 2.96. The molecule has 0 aliphatic rings. The largest absolute Gasteiger partial charge is 0.380 e. The lowest BCUT2D eigenvalue weighted by Gasteiger charge is -2.03. The zero-order chi connectivity index (χ0) is 10.8. The third-order valence-corrected chi connectivity index (χ3v) is 3.31. The monoisotopic (exact) mass is 254 g/mol. The molecule has 0 aliphatic heterocycles. The predicted molar refractivity (Wildman–Crippen MR) is 55.2 cm³/mol. The highest BCUT2D eigenvalue weighted by molar-refractivity contribution is 8.13.